The van der Waals surface area contributed by atoms with Gasteiger partial charge in [-0.05, 0) is 40.3 Å². The van der Waals surface area contributed by atoms with E-state index in [1.54, 1.807) is 22.6 Å². The van der Waals surface area contributed by atoms with Crippen molar-refractivity contribution in [3.8, 4) is 5.69 Å². The van der Waals surface area contributed by atoms with Crippen LogP contribution in [0, 0.1) is 0 Å². The molecule has 0 saturated carbocycles. The largest absolute Gasteiger partial charge is 0.384 e. The van der Waals surface area contributed by atoms with Crippen molar-refractivity contribution in [2.75, 3.05) is 5.73 Å². The van der Waals surface area contributed by atoms with Crippen molar-refractivity contribution < 1.29 is 0 Å². The number of hydrogen-bond acceptors (Lipinski definition) is 6. The third-order valence-corrected chi connectivity index (χ3v) is 3.65. The maximum absolute atomic E-state index is 5.66. The van der Waals surface area contributed by atoms with Gasteiger partial charge in [0.1, 0.15) is 5.82 Å². The van der Waals surface area contributed by atoms with Crippen LogP contribution in [0.15, 0.2) is 53.8 Å². The van der Waals surface area contributed by atoms with Gasteiger partial charge in [-0.25, -0.2) is 4.98 Å². The summed E-state index contributed by atoms with van der Waals surface area (Å²) in [5.74, 6) is 1.26. The predicted molar refractivity (Wildman–Crippen MR) is 77.4 cm³/mol. The second-order valence-electron chi connectivity index (χ2n) is 4.09. The van der Waals surface area contributed by atoms with E-state index in [1.807, 2.05) is 42.5 Å². The SMILES string of the molecule is Nc1cc(CSc2nnnn2-c2ccccc2)ccn1. The first kappa shape index (κ1) is 12.6. The van der Waals surface area contributed by atoms with Crippen LogP contribution in [0.3, 0.4) is 0 Å². The molecule has 0 spiro atoms. The number of aromatic nitrogens is 5. The number of tetrazole rings is 1. The normalized spacial score (nSPS) is 10.6. The number of hydrogen-bond donors (Lipinski definition) is 1. The number of anilines is 1. The van der Waals surface area contributed by atoms with Crippen molar-refractivity contribution in [1.82, 2.24) is 25.2 Å². The summed E-state index contributed by atoms with van der Waals surface area (Å²) in [7, 11) is 0. The van der Waals surface area contributed by atoms with E-state index in [2.05, 4.69) is 20.5 Å². The molecule has 100 valence electrons. The van der Waals surface area contributed by atoms with Gasteiger partial charge in [0.15, 0.2) is 0 Å². The maximum Gasteiger partial charge on any atom is 0.214 e. The van der Waals surface area contributed by atoms with Crippen LogP contribution in [0.4, 0.5) is 5.82 Å². The van der Waals surface area contributed by atoms with E-state index in [1.165, 1.54) is 0 Å². The van der Waals surface area contributed by atoms with Gasteiger partial charge >= 0.3 is 0 Å². The Morgan fingerprint density at radius 2 is 2.00 bits per heavy atom. The Morgan fingerprint density at radius 3 is 2.80 bits per heavy atom. The Hall–Kier alpha value is -2.41. The van der Waals surface area contributed by atoms with Crippen molar-refractivity contribution in [3.05, 3.63) is 54.2 Å². The van der Waals surface area contributed by atoms with Gasteiger partial charge in [-0.1, -0.05) is 30.0 Å². The number of nitrogens with zero attached hydrogens (tertiary/aromatic N) is 5. The predicted octanol–water partition coefficient (Wildman–Crippen LogP) is 1.93. The average Bonchev–Trinajstić information content (AvgIpc) is 2.95. The molecule has 0 aliphatic rings. The van der Waals surface area contributed by atoms with Gasteiger partial charge in [0.2, 0.25) is 5.16 Å². The van der Waals surface area contributed by atoms with Crippen molar-refractivity contribution >= 4 is 17.6 Å². The van der Waals surface area contributed by atoms with E-state index in [-0.39, 0.29) is 0 Å². The summed E-state index contributed by atoms with van der Waals surface area (Å²) in [6.07, 6.45) is 1.70. The highest BCUT2D eigenvalue weighted by Crippen LogP contribution is 2.22. The third-order valence-electron chi connectivity index (χ3n) is 2.66. The Labute approximate surface area is 120 Å². The summed E-state index contributed by atoms with van der Waals surface area (Å²) in [6.45, 7) is 0. The molecule has 0 fully saturated rings. The molecule has 3 aromatic rings. The second kappa shape index (κ2) is 5.70. The van der Waals surface area contributed by atoms with Crippen LogP contribution in [0.2, 0.25) is 0 Å². The molecule has 0 amide bonds. The van der Waals surface area contributed by atoms with Gasteiger partial charge in [-0.3, -0.25) is 0 Å². The first-order chi connectivity index (χ1) is 9.83. The van der Waals surface area contributed by atoms with Gasteiger partial charge in [-0.2, -0.15) is 4.68 Å². The standard InChI is InChI=1S/C13H12N6S/c14-12-8-10(6-7-15-12)9-20-13-16-17-18-19(13)11-4-2-1-3-5-11/h1-8H,9H2,(H2,14,15). The van der Waals surface area contributed by atoms with Crippen LogP contribution >= 0.6 is 11.8 Å². The molecule has 1 aromatic carbocycles. The lowest BCUT2D eigenvalue weighted by Gasteiger charge is -2.04. The Bertz CT molecular complexity index is 697. The lowest BCUT2D eigenvalue weighted by atomic mass is 10.3. The maximum atomic E-state index is 5.66. The summed E-state index contributed by atoms with van der Waals surface area (Å²) in [5.41, 5.74) is 7.69. The van der Waals surface area contributed by atoms with Crippen molar-refractivity contribution in [2.45, 2.75) is 10.9 Å². The molecular formula is C13H12N6S. The highest BCUT2D eigenvalue weighted by molar-refractivity contribution is 7.98. The molecule has 0 aliphatic heterocycles. The van der Waals surface area contributed by atoms with E-state index in [9.17, 15) is 0 Å². The summed E-state index contributed by atoms with van der Waals surface area (Å²) >= 11 is 1.55. The first-order valence-electron chi connectivity index (χ1n) is 6.00. The first-order valence-corrected chi connectivity index (χ1v) is 6.98. The minimum atomic E-state index is 0.519. The Morgan fingerprint density at radius 1 is 1.15 bits per heavy atom. The fourth-order valence-corrected chi connectivity index (χ4v) is 2.57. The number of nitrogen functional groups attached to an aromatic ring is 1. The average molecular weight is 284 g/mol. The Balaban J connectivity index is 1.78. The van der Waals surface area contributed by atoms with E-state index >= 15 is 0 Å². The molecule has 2 heterocycles. The van der Waals surface area contributed by atoms with E-state index in [0.717, 1.165) is 22.2 Å². The molecule has 3 rings (SSSR count). The van der Waals surface area contributed by atoms with Gasteiger partial charge < -0.3 is 5.73 Å². The second-order valence-corrected chi connectivity index (χ2v) is 5.03. The molecular weight excluding hydrogens is 272 g/mol. The molecule has 20 heavy (non-hydrogen) atoms. The van der Waals surface area contributed by atoms with E-state index in [4.69, 9.17) is 5.73 Å². The number of thioether (sulfide) groups is 1. The minimum Gasteiger partial charge on any atom is -0.384 e. The molecule has 0 bridgehead atoms. The molecule has 2 N–H and O–H groups in total. The van der Waals surface area contributed by atoms with Crippen molar-refractivity contribution in [3.63, 3.8) is 0 Å². The number of pyridine rings is 1. The van der Waals surface area contributed by atoms with Crippen molar-refractivity contribution in [2.24, 2.45) is 0 Å². The van der Waals surface area contributed by atoms with E-state index in [0.29, 0.717) is 5.82 Å². The van der Waals surface area contributed by atoms with Crippen LogP contribution in [0.25, 0.3) is 5.69 Å². The molecule has 0 radical (unpaired) electrons. The zero-order valence-electron chi connectivity index (χ0n) is 10.5. The summed E-state index contributed by atoms with van der Waals surface area (Å²) in [6, 6.07) is 13.6. The molecule has 7 heteroatoms. The smallest absolute Gasteiger partial charge is 0.214 e. The van der Waals surface area contributed by atoms with Gasteiger partial charge in [0.05, 0.1) is 5.69 Å². The van der Waals surface area contributed by atoms with Crippen LogP contribution in [-0.2, 0) is 5.75 Å². The van der Waals surface area contributed by atoms with Crippen LogP contribution < -0.4 is 5.73 Å². The number of rotatable bonds is 4. The number of nitrogens with two attached hydrogens (primary N) is 1. The van der Waals surface area contributed by atoms with E-state index < -0.39 is 0 Å². The lowest BCUT2D eigenvalue weighted by Crippen LogP contribution is -1.98. The fourth-order valence-electron chi connectivity index (χ4n) is 1.73. The van der Waals surface area contributed by atoms with Crippen LogP contribution in [-0.4, -0.2) is 25.2 Å². The molecule has 0 unspecified atom stereocenters. The third kappa shape index (κ3) is 2.77. The lowest BCUT2D eigenvalue weighted by molar-refractivity contribution is 0.756. The molecule has 0 atom stereocenters. The summed E-state index contributed by atoms with van der Waals surface area (Å²) in [4.78, 5) is 3.97. The monoisotopic (exact) mass is 284 g/mol. The highest BCUT2D eigenvalue weighted by Gasteiger charge is 2.08. The summed E-state index contributed by atoms with van der Waals surface area (Å²) in [5, 5.41) is 12.5. The van der Waals surface area contributed by atoms with Gasteiger partial charge in [0.25, 0.3) is 0 Å². The highest BCUT2D eigenvalue weighted by atomic mass is 32.2. The number of para-hydroxylation sites is 1. The minimum absolute atomic E-state index is 0.519. The van der Waals surface area contributed by atoms with Crippen LogP contribution in [0.5, 0.6) is 0 Å². The quantitative estimate of drug-likeness (QED) is 0.737. The van der Waals surface area contributed by atoms with Crippen molar-refractivity contribution in [1.29, 1.82) is 0 Å². The Kier molecular flexibility index (Phi) is 3.60. The van der Waals surface area contributed by atoms with Gasteiger partial charge in [0, 0.05) is 11.9 Å². The topological polar surface area (TPSA) is 82.5 Å². The molecule has 0 saturated heterocycles. The van der Waals surface area contributed by atoms with Crippen LogP contribution in [0.1, 0.15) is 5.56 Å². The molecule has 2 aromatic heterocycles. The summed E-state index contributed by atoms with van der Waals surface area (Å²) < 4.78 is 1.72. The zero-order valence-corrected chi connectivity index (χ0v) is 11.4. The molecule has 6 nitrogen and oxygen atoms in total. The molecule has 0 aliphatic carbocycles. The fraction of sp³-hybridized carbons (Fsp3) is 0.0769. The van der Waals surface area contributed by atoms with Gasteiger partial charge in [-0.15, -0.1) is 5.10 Å². The zero-order chi connectivity index (χ0) is 13.8. The number of benzene rings is 1.